The van der Waals surface area contributed by atoms with Crippen molar-refractivity contribution in [1.29, 1.82) is 0 Å². The smallest absolute Gasteiger partial charge is 0.338 e. The van der Waals surface area contributed by atoms with Crippen LogP contribution >= 0.6 is 0 Å². The average molecular weight is 334 g/mol. The van der Waals surface area contributed by atoms with Crippen molar-refractivity contribution in [2.24, 2.45) is 0 Å². The number of para-hydroxylation sites is 2. The van der Waals surface area contributed by atoms with Crippen LogP contribution in [-0.2, 0) is 9.53 Å². The largest absolute Gasteiger partial charge is 0.490 e. The van der Waals surface area contributed by atoms with E-state index in [1.54, 1.807) is 26.0 Å². The van der Waals surface area contributed by atoms with Crippen LogP contribution < -0.4 is 20.1 Å². The number of ether oxygens (including phenoxy) is 3. The third kappa shape index (κ3) is 4.18. The Hall–Kier alpha value is -2.70. The predicted octanol–water partition coefficient (Wildman–Crippen LogP) is 1.98. The van der Waals surface area contributed by atoms with Gasteiger partial charge in [0.25, 0.3) is 0 Å². The minimum atomic E-state index is -0.478. The van der Waals surface area contributed by atoms with E-state index in [0.717, 1.165) is 0 Å². The van der Waals surface area contributed by atoms with Crippen LogP contribution in [0.3, 0.4) is 0 Å². The summed E-state index contributed by atoms with van der Waals surface area (Å²) in [4.78, 5) is 23.9. The highest BCUT2D eigenvalue weighted by Gasteiger charge is 2.30. The van der Waals surface area contributed by atoms with Crippen LogP contribution in [0.5, 0.6) is 11.5 Å². The van der Waals surface area contributed by atoms with Crippen LogP contribution in [0, 0.1) is 0 Å². The second-order valence-corrected chi connectivity index (χ2v) is 5.10. The van der Waals surface area contributed by atoms with Crippen molar-refractivity contribution in [2.45, 2.75) is 26.8 Å². The van der Waals surface area contributed by atoms with Crippen molar-refractivity contribution < 1.29 is 23.8 Å². The minimum absolute atomic E-state index is 0.0238. The summed E-state index contributed by atoms with van der Waals surface area (Å²) in [6.07, 6.45) is 0. The summed E-state index contributed by atoms with van der Waals surface area (Å²) < 4.78 is 16.3. The van der Waals surface area contributed by atoms with E-state index in [2.05, 4.69) is 10.6 Å². The van der Waals surface area contributed by atoms with Crippen molar-refractivity contribution in [2.75, 3.05) is 19.8 Å². The number of urea groups is 1. The fraction of sp³-hybridized carbons (Fsp3) is 0.412. The van der Waals surface area contributed by atoms with Crippen LogP contribution in [0.1, 0.15) is 20.8 Å². The van der Waals surface area contributed by atoms with Crippen molar-refractivity contribution in [1.82, 2.24) is 10.6 Å². The lowest BCUT2D eigenvalue weighted by molar-refractivity contribution is -0.139. The molecule has 1 aromatic rings. The van der Waals surface area contributed by atoms with Gasteiger partial charge in [0.1, 0.15) is 6.61 Å². The maximum atomic E-state index is 12.2. The first-order valence-electron chi connectivity index (χ1n) is 7.89. The summed E-state index contributed by atoms with van der Waals surface area (Å²) in [6, 6.07) is 6.38. The molecule has 0 spiro atoms. The number of rotatable bonds is 7. The summed E-state index contributed by atoms with van der Waals surface area (Å²) in [6.45, 7) is 6.12. The first kappa shape index (κ1) is 17.7. The quantitative estimate of drug-likeness (QED) is 0.745. The van der Waals surface area contributed by atoms with Crippen molar-refractivity contribution in [3.8, 4) is 11.5 Å². The van der Waals surface area contributed by atoms with E-state index in [9.17, 15) is 9.59 Å². The number of benzene rings is 1. The number of carbonyl (C=O) groups excluding carboxylic acids is 2. The SMILES string of the molecule is CCOC(=O)C1=C(COc2ccccc2OCC)NC(=O)N[C@@H]1C. The molecule has 0 saturated heterocycles. The van der Waals surface area contributed by atoms with Crippen LogP contribution in [0.2, 0.25) is 0 Å². The van der Waals surface area contributed by atoms with Crippen molar-refractivity contribution >= 4 is 12.0 Å². The minimum Gasteiger partial charge on any atom is -0.490 e. The predicted molar refractivity (Wildman–Crippen MR) is 87.9 cm³/mol. The summed E-state index contributed by atoms with van der Waals surface area (Å²) in [7, 11) is 0. The lowest BCUT2D eigenvalue weighted by Crippen LogP contribution is -2.50. The van der Waals surface area contributed by atoms with Gasteiger partial charge in [-0.3, -0.25) is 0 Å². The van der Waals surface area contributed by atoms with Crippen LogP contribution in [-0.4, -0.2) is 37.9 Å². The average Bonchev–Trinajstić information content (AvgIpc) is 2.54. The monoisotopic (exact) mass is 334 g/mol. The molecule has 0 aromatic heterocycles. The van der Waals surface area contributed by atoms with Gasteiger partial charge in [0.05, 0.1) is 30.5 Å². The van der Waals surface area contributed by atoms with Crippen molar-refractivity contribution in [3.63, 3.8) is 0 Å². The molecule has 7 heteroatoms. The highest BCUT2D eigenvalue weighted by atomic mass is 16.5. The molecule has 1 aromatic carbocycles. The first-order chi connectivity index (χ1) is 11.6. The topological polar surface area (TPSA) is 85.9 Å². The highest BCUT2D eigenvalue weighted by molar-refractivity contribution is 5.94. The molecular weight excluding hydrogens is 312 g/mol. The number of esters is 1. The molecule has 0 saturated carbocycles. The molecule has 1 aliphatic rings. The number of amides is 2. The van der Waals surface area contributed by atoms with Gasteiger partial charge in [-0.2, -0.15) is 0 Å². The van der Waals surface area contributed by atoms with E-state index in [4.69, 9.17) is 14.2 Å². The van der Waals surface area contributed by atoms with E-state index in [0.29, 0.717) is 29.4 Å². The first-order valence-corrected chi connectivity index (χ1v) is 7.89. The van der Waals surface area contributed by atoms with Gasteiger partial charge in [-0.15, -0.1) is 0 Å². The number of hydrogen-bond acceptors (Lipinski definition) is 5. The van der Waals surface area contributed by atoms with Gasteiger partial charge in [-0.05, 0) is 32.9 Å². The fourth-order valence-electron chi connectivity index (χ4n) is 2.39. The van der Waals surface area contributed by atoms with Gasteiger partial charge in [-0.25, -0.2) is 9.59 Å². The molecule has 0 unspecified atom stereocenters. The standard InChI is InChI=1S/C17H22N2O5/c1-4-22-13-8-6-7-9-14(13)24-10-12-15(16(20)23-5-2)11(3)18-17(21)19-12/h6-9,11H,4-5,10H2,1-3H3,(H2,18,19,21)/t11-/m1/s1. The molecule has 0 fully saturated rings. The van der Waals surface area contributed by atoms with Gasteiger partial charge in [-0.1, -0.05) is 12.1 Å². The van der Waals surface area contributed by atoms with Crippen molar-refractivity contribution in [3.05, 3.63) is 35.5 Å². The molecule has 130 valence electrons. The summed E-state index contributed by atoms with van der Waals surface area (Å²) in [5, 5.41) is 5.26. The molecule has 1 heterocycles. The van der Waals surface area contributed by atoms with Gasteiger partial charge in [0.15, 0.2) is 11.5 Å². The summed E-state index contributed by atoms with van der Waals surface area (Å²) in [5.74, 6) is 0.663. The second-order valence-electron chi connectivity index (χ2n) is 5.10. The van der Waals surface area contributed by atoms with E-state index in [1.807, 2.05) is 19.1 Å². The van der Waals surface area contributed by atoms with E-state index in [1.165, 1.54) is 0 Å². The van der Waals surface area contributed by atoms with E-state index in [-0.39, 0.29) is 19.2 Å². The lowest BCUT2D eigenvalue weighted by Gasteiger charge is -2.26. The zero-order valence-electron chi connectivity index (χ0n) is 14.0. The van der Waals surface area contributed by atoms with Gasteiger partial charge in [0, 0.05) is 0 Å². The Labute approximate surface area is 141 Å². The maximum absolute atomic E-state index is 12.2. The van der Waals surface area contributed by atoms with E-state index >= 15 is 0 Å². The Balaban J connectivity index is 2.22. The molecular formula is C17H22N2O5. The molecule has 1 atom stereocenters. The number of hydrogen-bond donors (Lipinski definition) is 2. The zero-order valence-corrected chi connectivity index (χ0v) is 14.0. The third-order valence-corrected chi connectivity index (χ3v) is 3.39. The molecule has 1 aliphatic heterocycles. The zero-order chi connectivity index (χ0) is 17.5. The van der Waals surface area contributed by atoms with Crippen LogP contribution in [0.15, 0.2) is 35.5 Å². The molecule has 2 amide bonds. The summed E-state index contributed by atoms with van der Waals surface area (Å²) in [5.41, 5.74) is 0.737. The molecule has 24 heavy (non-hydrogen) atoms. The number of nitrogens with one attached hydrogen (secondary N) is 2. The Bertz CT molecular complexity index is 642. The maximum Gasteiger partial charge on any atom is 0.338 e. The van der Waals surface area contributed by atoms with E-state index < -0.39 is 12.0 Å². The Morgan fingerprint density at radius 1 is 1.12 bits per heavy atom. The highest BCUT2D eigenvalue weighted by Crippen LogP contribution is 2.27. The third-order valence-electron chi connectivity index (χ3n) is 3.39. The Morgan fingerprint density at radius 2 is 1.79 bits per heavy atom. The van der Waals surface area contributed by atoms with Gasteiger partial charge < -0.3 is 24.8 Å². The Kier molecular flexibility index (Phi) is 6.06. The molecule has 0 radical (unpaired) electrons. The fourth-order valence-corrected chi connectivity index (χ4v) is 2.39. The second kappa shape index (κ2) is 8.24. The normalized spacial score (nSPS) is 17.0. The molecule has 0 aliphatic carbocycles. The lowest BCUT2D eigenvalue weighted by atomic mass is 10.0. The Morgan fingerprint density at radius 3 is 2.42 bits per heavy atom. The molecule has 0 bridgehead atoms. The molecule has 2 rings (SSSR count). The summed E-state index contributed by atoms with van der Waals surface area (Å²) >= 11 is 0. The molecule has 7 nitrogen and oxygen atoms in total. The van der Waals surface area contributed by atoms with Crippen LogP contribution in [0.25, 0.3) is 0 Å². The van der Waals surface area contributed by atoms with Gasteiger partial charge >= 0.3 is 12.0 Å². The van der Waals surface area contributed by atoms with Crippen LogP contribution in [0.4, 0.5) is 4.79 Å². The molecule has 2 N–H and O–H groups in total. The van der Waals surface area contributed by atoms with Gasteiger partial charge in [0.2, 0.25) is 0 Å². The number of carbonyl (C=O) groups is 2.